The topological polar surface area (TPSA) is 124 Å². The molecule has 9 heteroatoms. The van der Waals surface area contributed by atoms with Crippen LogP contribution < -0.4 is 9.64 Å². The number of nitriles is 1. The van der Waals surface area contributed by atoms with E-state index in [0.29, 0.717) is 24.4 Å². The SMILES string of the molecule is C=C(O)CCCN1c2cc(OC)c(N=Nc3ccc([N+](=O)[O-])cc3C#N)cc2C(C)=CC1(C)C. The molecule has 3 rings (SSSR count). The van der Waals surface area contributed by atoms with Crippen LogP contribution in [0.4, 0.5) is 22.7 Å². The van der Waals surface area contributed by atoms with Crippen LogP contribution in [0, 0.1) is 21.4 Å². The molecule has 0 unspecified atom stereocenters. The molecule has 0 fully saturated rings. The number of ether oxygens (including phenoxy) is 1. The average molecular weight is 462 g/mol. The van der Waals surface area contributed by atoms with Crippen molar-refractivity contribution in [3.05, 3.63) is 70.0 Å². The van der Waals surface area contributed by atoms with Gasteiger partial charge in [-0.05, 0) is 44.9 Å². The maximum Gasteiger partial charge on any atom is 0.270 e. The predicted octanol–water partition coefficient (Wildman–Crippen LogP) is 6.74. The number of hydrogen-bond acceptors (Lipinski definition) is 8. The molecule has 9 nitrogen and oxygen atoms in total. The lowest BCUT2D eigenvalue weighted by molar-refractivity contribution is -0.384. The molecule has 176 valence electrons. The molecule has 1 heterocycles. The lowest BCUT2D eigenvalue weighted by atomic mass is 9.88. The zero-order valence-corrected chi connectivity index (χ0v) is 19.7. The number of allylic oxidation sites excluding steroid dienone is 2. The average Bonchev–Trinajstić information content (AvgIpc) is 2.78. The lowest BCUT2D eigenvalue weighted by Crippen LogP contribution is -2.45. The summed E-state index contributed by atoms with van der Waals surface area (Å²) < 4.78 is 5.59. The van der Waals surface area contributed by atoms with Crippen molar-refractivity contribution < 1.29 is 14.8 Å². The highest BCUT2D eigenvalue weighted by molar-refractivity contribution is 5.85. The summed E-state index contributed by atoms with van der Waals surface area (Å²) in [6.45, 7) is 10.6. The molecular weight excluding hydrogens is 434 g/mol. The van der Waals surface area contributed by atoms with Gasteiger partial charge in [-0.1, -0.05) is 12.7 Å². The number of rotatable bonds is 8. The first-order valence-electron chi connectivity index (χ1n) is 10.7. The Morgan fingerprint density at radius 2 is 2.00 bits per heavy atom. The van der Waals surface area contributed by atoms with Gasteiger partial charge in [-0.15, -0.1) is 10.2 Å². The highest BCUT2D eigenvalue weighted by Gasteiger charge is 2.32. The van der Waals surface area contributed by atoms with E-state index in [2.05, 4.69) is 41.6 Å². The van der Waals surface area contributed by atoms with Crippen molar-refractivity contribution in [3.63, 3.8) is 0 Å². The molecule has 0 aliphatic carbocycles. The van der Waals surface area contributed by atoms with Gasteiger partial charge >= 0.3 is 0 Å². The molecule has 1 aliphatic heterocycles. The maximum atomic E-state index is 11.0. The fourth-order valence-corrected chi connectivity index (χ4v) is 4.11. The number of hydrogen-bond donors (Lipinski definition) is 1. The number of non-ortho nitro benzene ring substituents is 1. The summed E-state index contributed by atoms with van der Waals surface area (Å²) >= 11 is 0. The van der Waals surface area contributed by atoms with E-state index in [1.807, 2.05) is 25.1 Å². The van der Waals surface area contributed by atoms with Gasteiger partial charge in [0.05, 0.1) is 28.9 Å². The number of aliphatic hydroxyl groups excluding tert-OH is 1. The Labute approximate surface area is 198 Å². The Morgan fingerprint density at radius 1 is 1.29 bits per heavy atom. The molecule has 0 saturated heterocycles. The Morgan fingerprint density at radius 3 is 2.62 bits per heavy atom. The van der Waals surface area contributed by atoms with Crippen molar-refractivity contribution in [2.45, 2.75) is 39.2 Å². The van der Waals surface area contributed by atoms with E-state index in [9.17, 15) is 20.5 Å². The van der Waals surface area contributed by atoms with E-state index in [1.54, 1.807) is 7.11 Å². The van der Waals surface area contributed by atoms with Gasteiger partial charge in [0, 0.05) is 42.4 Å². The van der Waals surface area contributed by atoms with Crippen LogP contribution in [-0.4, -0.2) is 29.2 Å². The molecule has 2 aromatic carbocycles. The predicted molar refractivity (Wildman–Crippen MR) is 131 cm³/mol. The molecule has 0 bridgehead atoms. The van der Waals surface area contributed by atoms with E-state index < -0.39 is 4.92 Å². The molecule has 2 aromatic rings. The number of nitro groups is 1. The van der Waals surface area contributed by atoms with Crippen LogP contribution in [0.5, 0.6) is 5.75 Å². The van der Waals surface area contributed by atoms with E-state index in [1.165, 1.54) is 18.2 Å². The Hall–Kier alpha value is -4.19. The van der Waals surface area contributed by atoms with Gasteiger partial charge in [-0.2, -0.15) is 5.26 Å². The maximum absolute atomic E-state index is 11.0. The number of nitrogens with zero attached hydrogens (tertiary/aromatic N) is 5. The summed E-state index contributed by atoms with van der Waals surface area (Å²) in [5, 5.41) is 38.3. The number of fused-ring (bicyclic) bond motifs is 1. The van der Waals surface area contributed by atoms with Crippen molar-refractivity contribution in [3.8, 4) is 11.8 Å². The minimum Gasteiger partial charge on any atom is -0.513 e. The van der Waals surface area contributed by atoms with Gasteiger partial charge in [0.1, 0.15) is 23.2 Å². The normalized spacial score (nSPS) is 14.3. The molecule has 34 heavy (non-hydrogen) atoms. The first kappa shape index (κ1) is 24.5. The van der Waals surface area contributed by atoms with Crippen LogP contribution in [0.1, 0.15) is 44.7 Å². The van der Waals surface area contributed by atoms with Crippen LogP contribution in [0.2, 0.25) is 0 Å². The monoisotopic (exact) mass is 461 g/mol. The second-order valence-corrected chi connectivity index (χ2v) is 8.61. The Bertz CT molecular complexity index is 1240. The first-order valence-corrected chi connectivity index (χ1v) is 10.7. The van der Waals surface area contributed by atoms with Crippen molar-refractivity contribution >= 4 is 28.3 Å². The van der Waals surface area contributed by atoms with E-state index in [-0.39, 0.29) is 28.2 Å². The summed E-state index contributed by atoms with van der Waals surface area (Å²) in [5.74, 6) is 0.670. The summed E-state index contributed by atoms with van der Waals surface area (Å²) in [5.41, 5.74) is 3.36. The van der Waals surface area contributed by atoms with Crippen LogP contribution in [-0.2, 0) is 0 Å². The first-order chi connectivity index (χ1) is 16.1. The van der Waals surface area contributed by atoms with Crippen LogP contribution in [0.3, 0.4) is 0 Å². The van der Waals surface area contributed by atoms with Crippen LogP contribution in [0.15, 0.2) is 59.0 Å². The standard InChI is InChI=1S/C25H27N5O4/c1-16-14-25(3,4)29(10-6-7-17(2)31)23-13-24(34-5)22(12-20(16)23)28-27-21-9-8-19(30(32)33)11-18(21)15-26/h8-9,11-14,31H,2,6-7,10H2,1,3-5H3. The number of nitro benzene ring substituents is 1. The molecule has 1 aliphatic rings. The third-order valence-corrected chi connectivity index (χ3v) is 5.70. The zero-order valence-electron chi connectivity index (χ0n) is 19.7. The minimum atomic E-state index is -0.562. The Kier molecular flexibility index (Phi) is 7.01. The van der Waals surface area contributed by atoms with Gasteiger partial charge in [0.2, 0.25) is 0 Å². The highest BCUT2D eigenvalue weighted by Crippen LogP contribution is 2.45. The second kappa shape index (κ2) is 9.75. The number of azo groups is 1. The Balaban J connectivity index is 2.02. The quantitative estimate of drug-likeness (QED) is 0.201. The number of methoxy groups -OCH3 is 1. The third kappa shape index (κ3) is 5.07. The van der Waals surface area contributed by atoms with Crippen LogP contribution >= 0.6 is 0 Å². The number of anilines is 1. The van der Waals surface area contributed by atoms with Gasteiger partial charge in [0.15, 0.2) is 0 Å². The van der Waals surface area contributed by atoms with Crippen LogP contribution in [0.25, 0.3) is 5.57 Å². The lowest BCUT2D eigenvalue weighted by Gasteiger charge is -2.43. The number of benzene rings is 2. The van der Waals surface area contributed by atoms with E-state index in [4.69, 9.17) is 4.74 Å². The van der Waals surface area contributed by atoms with Crippen molar-refractivity contribution in [2.24, 2.45) is 10.2 Å². The molecule has 0 atom stereocenters. The molecule has 0 saturated carbocycles. The smallest absolute Gasteiger partial charge is 0.270 e. The second-order valence-electron chi connectivity index (χ2n) is 8.61. The van der Waals surface area contributed by atoms with Gasteiger partial charge in [-0.25, -0.2) is 0 Å². The van der Waals surface area contributed by atoms with Crippen molar-refractivity contribution in [2.75, 3.05) is 18.6 Å². The number of aliphatic hydroxyl groups is 1. The minimum absolute atomic E-state index is 0.0596. The molecule has 0 aromatic heterocycles. The van der Waals surface area contributed by atoms with Gasteiger partial charge in [0.25, 0.3) is 5.69 Å². The molecule has 0 radical (unpaired) electrons. The summed E-state index contributed by atoms with van der Waals surface area (Å²) in [6, 6.07) is 9.58. The summed E-state index contributed by atoms with van der Waals surface area (Å²) in [6.07, 6.45) is 3.44. The fraction of sp³-hybridized carbons (Fsp3) is 0.320. The third-order valence-electron chi connectivity index (χ3n) is 5.70. The molecule has 0 amide bonds. The van der Waals surface area contributed by atoms with E-state index >= 15 is 0 Å². The van der Waals surface area contributed by atoms with E-state index in [0.717, 1.165) is 23.2 Å². The van der Waals surface area contributed by atoms with Crippen molar-refractivity contribution in [1.82, 2.24) is 0 Å². The fourth-order valence-electron chi connectivity index (χ4n) is 4.11. The van der Waals surface area contributed by atoms with Gasteiger partial charge < -0.3 is 14.7 Å². The largest absolute Gasteiger partial charge is 0.513 e. The van der Waals surface area contributed by atoms with Crippen molar-refractivity contribution in [1.29, 1.82) is 5.26 Å². The highest BCUT2D eigenvalue weighted by atomic mass is 16.6. The summed E-state index contributed by atoms with van der Waals surface area (Å²) in [4.78, 5) is 12.7. The van der Waals surface area contributed by atoms with Gasteiger partial charge in [-0.3, -0.25) is 10.1 Å². The molecule has 0 spiro atoms. The summed E-state index contributed by atoms with van der Waals surface area (Å²) in [7, 11) is 1.55. The molecular formula is C25H27N5O4. The molecule has 1 N–H and O–H groups in total. The zero-order chi connectivity index (χ0) is 25.0.